The fourth-order valence-electron chi connectivity index (χ4n) is 4.68. The molecule has 1 N–H and O–H groups in total. The van der Waals surface area contributed by atoms with Gasteiger partial charge in [-0.25, -0.2) is 4.39 Å². The molecule has 0 bridgehead atoms. The van der Waals surface area contributed by atoms with Crippen molar-refractivity contribution in [3.8, 4) is 5.75 Å². The smallest absolute Gasteiger partial charge is 0.323 e. The predicted octanol–water partition coefficient (Wildman–Crippen LogP) is 4.85. The zero-order chi connectivity index (χ0) is 24.8. The number of benzene rings is 3. The van der Waals surface area contributed by atoms with Crippen molar-refractivity contribution in [2.45, 2.75) is 44.6 Å². The molecule has 0 unspecified atom stereocenters. The number of rotatable bonds is 10. The normalized spacial score (nSPS) is 16.4. The second kappa shape index (κ2) is 10.7. The van der Waals surface area contributed by atoms with Gasteiger partial charge in [0, 0.05) is 19.4 Å². The molecule has 3 aromatic rings. The lowest BCUT2D eigenvalue weighted by atomic mass is 9.91. The highest BCUT2D eigenvalue weighted by Gasteiger charge is 2.35. The van der Waals surface area contributed by atoms with Crippen LogP contribution in [0.15, 0.2) is 72.8 Å². The van der Waals surface area contributed by atoms with E-state index >= 15 is 0 Å². The van der Waals surface area contributed by atoms with Gasteiger partial charge in [0.1, 0.15) is 23.7 Å². The van der Waals surface area contributed by atoms with E-state index in [1.807, 2.05) is 55.5 Å². The van der Waals surface area contributed by atoms with Gasteiger partial charge in [-0.05, 0) is 60.2 Å². The summed E-state index contributed by atoms with van der Waals surface area (Å²) in [5, 5.41) is 9.30. The zero-order valence-electron chi connectivity index (χ0n) is 19.9. The molecule has 1 aliphatic heterocycles. The van der Waals surface area contributed by atoms with Gasteiger partial charge in [0.05, 0.1) is 6.42 Å². The Balaban J connectivity index is 1.37. The van der Waals surface area contributed by atoms with Crippen molar-refractivity contribution in [3.05, 3.63) is 101 Å². The summed E-state index contributed by atoms with van der Waals surface area (Å²) >= 11 is 0. The molecule has 0 saturated heterocycles. The van der Waals surface area contributed by atoms with Crippen LogP contribution in [0.2, 0.25) is 0 Å². The number of amides is 1. The number of fused-ring (bicyclic) bond motifs is 1. The fourth-order valence-corrected chi connectivity index (χ4v) is 4.68. The summed E-state index contributed by atoms with van der Waals surface area (Å²) in [6.45, 7) is 2.11. The highest BCUT2D eigenvalue weighted by molar-refractivity contribution is 5.83. The van der Waals surface area contributed by atoms with E-state index in [1.165, 1.54) is 17.0 Å². The van der Waals surface area contributed by atoms with Gasteiger partial charge in [-0.2, -0.15) is 0 Å². The Morgan fingerprint density at radius 2 is 1.71 bits per heavy atom. The average Bonchev–Trinajstić information content (AvgIpc) is 3.15. The molecule has 1 amide bonds. The number of hydrogen-bond acceptors (Lipinski definition) is 3. The number of aryl methyl sites for hydroxylation is 1. The van der Waals surface area contributed by atoms with Gasteiger partial charge in [0.2, 0.25) is 5.91 Å². The minimum atomic E-state index is -1.02. The lowest BCUT2D eigenvalue weighted by Gasteiger charge is -2.24. The maximum absolute atomic E-state index is 13.2. The van der Waals surface area contributed by atoms with E-state index < -0.39 is 11.6 Å². The van der Waals surface area contributed by atoms with Crippen molar-refractivity contribution in [1.29, 1.82) is 0 Å². The van der Waals surface area contributed by atoms with Gasteiger partial charge in [0.25, 0.3) is 0 Å². The van der Waals surface area contributed by atoms with Crippen molar-refractivity contribution < 1.29 is 23.8 Å². The summed E-state index contributed by atoms with van der Waals surface area (Å²) in [6.07, 6.45) is 2.94. The standard InChI is InChI=1S/C29H30FNO4/c1-29(18-22-9-12-25(30)13-10-22)19-24-16-23(11-14-26(24)35-29)17-27(32)31(20-28(33)34)15-5-8-21-6-3-2-4-7-21/h2-4,6-7,9-14,16H,5,8,15,17-20H2,1H3,(H,33,34)/t29-/m0/s1. The minimum absolute atomic E-state index is 0.139. The van der Waals surface area contributed by atoms with Crippen LogP contribution in [0, 0.1) is 5.82 Å². The van der Waals surface area contributed by atoms with Gasteiger partial charge in [-0.3, -0.25) is 9.59 Å². The van der Waals surface area contributed by atoms with Crippen molar-refractivity contribution >= 4 is 11.9 Å². The van der Waals surface area contributed by atoms with Gasteiger partial charge in [-0.1, -0.05) is 54.6 Å². The fraction of sp³-hybridized carbons (Fsp3) is 0.310. The average molecular weight is 476 g/mol. The maximum atomic E-state index is 13.2. The van der Waals surface area contributed by atoms with Crippen LogP contribution in [0.4, 0.5) is 4.39 Å². The van der Waals surface area contributed by atoms with Crippen LogP contribution in [0.1, 0.15) is 35.6 Å². The number of carbonyl (C=O) groups excluding carboxylic acids is 1. The molecule has 35 heavy (non-hydrogen) atoms. The van der Waals surface area contributed by atoms with E-state index in [-0.39, 0.29) is 24.7 Å². The third-order valence-electron chi connectivity index (χ3n) is 6.31. The molecule has 4 rings (SSSR count). The molecule has 0 fully saturated rings. The molecule has 0 aliphatic carbocycles. The molecule has 1 atom stereocenters. The van der Waals surface area contributed by atoms with Gasteiger partial charge in [0.15, 0.2) is 0 Å². The molecular weight excluding hydrogens is 445 g/mol. The monoisotopic (exact) mass is 475 g/mol. The van der Waals surface area contributed by atoms with Crippen LogP contribution in [0.3, 0.4) is 0 Å². The highest BCUT2D eigenvalue weighted by Crippen LogP contribution is 2.37. The Labute approximate surface area is 205 Å². The molecule has 0 spiro atoms. The molecule has 3 aromatic carbocycles. The Morgan fingerprint density at radius 3 is 2.43 bits per heavy atom. The van der Waals surface area contributed by atoms with Crippen molar-refractivity contribution in [1.82, 2.24) is 4.90 Å². The summed E-state index contributed by atoms with van der Waals surface area (Å²) < 4.78 is 19.5. The Hall–Kier alpha value is -3.67. The number of nitrogens with zero attached hydrogens (tertiary/aromatic N) is 1. The Bertz CT molecular complexity index is 1180. The van der Waals surface area contributed by atoms with Crippen LogP contribution in [0.25, 0.3) is 0 Å². The minimum Gasteiger partial charge on any atom is -0.487 e. The molecule has 182 valence electrons. The van der Waals surface area contributed by atoms with E-state index in [1.54, 1.807) is 12.1 Å². The van der Waals surface area contributed by atoms with Crippen LogP contribution in [-0.2, 0) is 35.3 Å². The molecule has 0 saturated carbocycles. The number of carboxylic acids is 1. The van der Waals surface area contributed by atoms with Gasteiger partial charge >= 0.3 is 5.97 Å². The molecule has 0 radical (unpaired) electrons. The number of halogens is 1. The van der Waals surface area contributed by atoms with Crippen molar-refractivity contribution in [2.75, 3.05) is 13.1 Å². The van der Waals surface area contributed by atoms with E-state index in [2.05, 4.69) is 0 Å². The first-order chi connectivity index (χ1) is 16.8. The third kappa shape index (κ3) is 6.69. The molecule has 5 nitrogen and oxygen atoms in total. The Morgan fingerprint density at radius 1 is 1.00 bits per heavy atom. The summed E-state index contributed by atoms with van der Waals surface area (Å²) in [7, 11) is 0. The SMILES string of the molecule is C[C@]1(Cc2ccc(F)cc2)Cc2cc(CC(=O)N(CCCc3ccccc3)CC(=O)O)ccc2O1. The van der Waals surface area contributed by atoms with E-state index in [0.717, 1.165) is 34.4 Å². The summed E-state index contributed by atoms with van der Waals surface area (Å²) in [6, 6.07) is 22.1. The quantitative estimate of drug-likeness (QED) is 0.455. The van der Waals surface area contributed by atoms with Crippen molar-refractivity contribution in [2.24, 2.45) is 0 Å². The molecule has 6 heteroatoms. The molecule has 1 aliphatic rings. The zero-order valence-corrected chi connectivity index (χ0v) is 19.9. The van der Waals surface area contributed by atoms with Crippen molar-refractivity contribution in [3.63, 3.8) is 0 Å². The second-order valence-corrected chi connectivity index (χ2v) is 9.45. The Kier molecular flexibility index (Phi) is 7.49. The molecule has 0 aromatic heterocycles. The molecular formula is C29H30FNO4. The first-order valence-electron chi connectivity index (χ1n) is 11.9. The van der Waals surface area contributed by atoms with Crippen LogP contribution >= 0.6 is 0 Å². The summed E-state index contributed by atoms with van der Waals surface area (Å²) in [5.41, 5.74) is 3.57. The first kappa shape index (κ1) is 24.5. The van der Waals surface area contributed by atoms with E-state index in [0.29, 0.717) is 25.8 Å². The lowest BCUT2D eigenvalue weighted by Crippen LogP contribution is -2.37. The molecule has 1 heterocycles. The number of carbonyl (C=O) groups is 2. The van der Waals surface area contributed by atoms with Crippen LogP contribution < -0.4 is 4.74 Å². The number of carboxylic acid groups (broad SMARTS) is 1. The summed E-state index contributed by atoms with van der Waals surface area (Å²) in [4.78, 5) is 25.8. The number of ether oxygens (including phenoxy) is 1. The van der Waals surface area contributed by atoms with Gasteiger partial charge in [-0.15, -0.1) is 0 Å². The summed E-state index contributed by atoms with van der Waals surface area (Å²) in [5.74, 6) is -0.692. The number of hydrogen-bond donors (Lipinski definition) is 1. The first-order valence-corrected chi connectivity index (χ1v) is 11.9. The maximum Gasteiger partial charge on any atom is 0.323 e. The van der Waals surface area contributed by atoms with Crippen LogP contribution in [0.5, 0.6) is 5.75 Å². The predicted molar refractivity (Wildman–Crippen MR) is 132 cm³/mol. The van der Waals surface area contributed by atoms with Crippen LogP contribution in [-0.4, -0.2) is 40.6 Å². The number of aliphatic carboxylic acids is 1. The highest BCUT2D eigenvalue weighted by atomic mass is 19.1. The van der Waals surface area contributed by atoms with E-state index in [4.69, 9.17) is 4.74 Å². The third-order valence-corrected chi connectivity index (χ3v) is 6.31. The van der Waals surface area contributed by atoms with Gasteiger partial charge < -0.3 is 14.7 Å². The lowest BCUT2D eigenvalue weighted by molar-refractivity contribution is -0.144. The largest absolute Gasteiger partial charge is 0.487 e. The topological polar surface area (TPSA) is 66.8 Å². The van der Waals surface area contributed by atoms with E-state index in [9.17, 15) is 19.1 Å². The second-order valence-electron chi connectivity index (χ2n) is 9.45.